The normalized spacial score (nSPS) is 10.2. The lowest BCUT2D eigenvalue weighted by atomic mass is 10.3. The van der Waals surface area contributed by atoms with Crippen molar-refractivity contribution in [2.75, 3.05) is 5.43 Å². The molecule has 0 aliphatic carbocycles. The molecule has 0 aliphatic rings. The standard InChI is InChI=1S/C9H7N3O/c10-6-9(7-13)12-11-8-4-2-1-3-5-8/h1-5,7,11H/b12-9-. The maximum atomic E-state index is 10.2. The van der Waals surface area contributed by atoms with Gasteiger partial charge in [0.1, 0.15) is 6.07 Å². The van der Waals surface area contributed by atoms with Gasteiger partial charge >= 0.3 is 0 Å². The number of aldehydes is 1. The number of benzene rings is 1. The van der Waals surface area contributed by atoms with Crippen LogP contribution in [-0.4, -0.2) is 12.0 Å². The molecule has 13 heavy (non-hydrogen) atoms. The van der Waals surface area contributed by atoms with Crippen LogP contribution in [0.4, 0.5) is 5.69 Å². The van der Waals surface area contributed by atoms with E-state index in [4.69, 9.17) is 5.26 Å². The monoisotopic (exact) mass is 173 g/mol. The minimum atomic E-state index is -0.177. The lowest BCUT2D eigenvalue weighted by molar-refractivity contribution is -0.102. The Labute approximate surface area is 75.5 Å². The van der Waals surface area contributed by atoms with Crippen molar-refractivity contribution in [1.29, 1.82) is 5.26 Å². The summed E-state index contributed by atoms with van der Waals surface area (Å²) in [6.45, 7) is 0. The number of nitriles is 1. The Kier molecular flexibility index (Phi) is 3.21. The molecule has 4 heteroatoms. The molecular formula is C9H7N3O. The summed E-state index contributed by atoms with van der Waals surface area (Å²) < 4.78 is 0. The lowest BCUT2D eigenvalue weighted by Gasteiger charge is -1.97. The van der Waals surface area contributed by atoms with Crippen molar-refractivity contribution in [3.8, 4) is 6.07 Å². The second-order valence-electron chi connectivity index (χ2n) is 2.20. The second kappa shape index (κ2) is 4.67. The van der Waals surface area contributed by atoms with Gasteiger partial charge in [0.05, 0.1) is 5.69 Å². The Bertz CT molecular complexity index is 351. The van der Waals surface area contributed by atoms with Gasteiger partial charge in [-0.1, -0.05) is 18.2 Å². The molecule has 64 valence electrons. The Morgan fingerprint density at radius 3 is 2.69 bits per heavy atom. The molecular weight excluding hydrogens is 166 g/mol. The summed E-state index contributed by atoms with van der Waals surface area (Å²) in [5.74, 6) is 0. The quantitative estimate of drug-likeness (QED) is 0.424. The largest absolute Gasteiger partial charge is 0.295 e. The van der Waals surface area contributed by atoms with Crippen LogP contribution in [0.1, 0.15) is 0 Å². The molecule has 1 aromatic carbocycles. The first kappa shape index (κ1) is 8.94. The van der Waals surface area contributed by atoms with Crippen molar-refractivity contribution in [3.63, 3.8) is 0 Å². The molecule has 0 bridgehead atoms. The molecule has 0 heterocycles. The predicted molar refractivity (Wildman–Crippen MR) is 49.2 cm³/mol. The van der Waals surface area contributed by atoms with Crippen molar-refractivity contribution in [3.05, 3.63) is 30.3 Å². The predicted octanol–water partition coefficient (Wildman–Crippen LogP) is 1.18. The van der Waals surface area contributed by atoms with Crippen molar-refractivity contribution in [2.24, 2.45) is 5.10 Å². The molecule has 1 N–H and O–H groups in total. The van der Waals surface area contributed by atoms with Crippen LogP contribution in [-0.2, 0) is 4.79 Å². The van der Waals surface area contributed by atoms with Gasteiger partial charge in [-0.3, -0.25) is 10.2 Å². The summed E-state index contributed by atoms with van der Waals surface area (Å²) >= 11 is 0. The van der Waals surface area contributed by atoms with E-state index in [9.17, 15) is 4.79 Å². The van der Waals surface area contributed by atoms with E-state index in [0.29, 0.717) is 6.29 Å². The third-order valence-electron chi connectivity index (χ3n) is 1.31. The Morgan fingerprint density at radius 1 is 1.46 bits per heavy atom. The van der Waals surface area contributed by atoms with E-state index in [1.807, 2.05) is 18.2 Å². The topological polar surface area (TPSA) is 65.2 Å². The van der Waals surface area contributed by atoms with Crippen molar-refractivity contribution < 1.29 is 4.79 Å². The van der Waals surface area contributed by atoms with Gasteiger partial charge in [0, 0.05) is 0 Å². The zero-order valence-corrected chi connectivity index (χ0v) is 6.77. The van der Waals surface area contributed by atoms with Gasteiger partial charge in [-0.2, -0.15) is 10.4 Å². The molecule has 1 aromatic rings. The molecule has 0 radical (unpaired) electrons. The minimum Gasteiger partial charge on any atom is -0.295 e. The van der Waals surface area contributed by atoms with Crippen LogP contribution in [0.25, 0.3) is 0 Å². The summed E-state index contributed by atoms with van der Waals surface area (Å²) in [4.78, 5) is 10.2. The highest BCUT2D eigenvalue weighted by Crippen LogP contribution is 2.03. The molecule has 0 spiro atoms. The Morgan fingerprint density at radius 2 is 2.15 bits per heavy atom. The molecule has 0 saturated carbocycles. The van der Waals surface area contributed by atoms with Crippen LogP contribution in [0.3, 0.4) is 0 Å². The van der Waals surface area contributed by atoms with Crippen molar-refractivity contribution in [1.82, 2.24) is 0 Å². The van der Waals surface area contributed by atoms with E-state index in [2.05, 4.69) is 10.5 Å². The second-order valence-corrected chi connectivity index (χ2v) is 2.20. The molecule has 0 saturated heterocycles. The average Bonchev–Trinajstić information content (AvgIpc) is 2.21. The van der Waals surface area contributed by atoms with Crippen LogP contribution >= 0.6 is 0 Å². The summed E-state index contributed by atoms with van der Waals surface area (Å²) in [6.07, 6.45) is 0.399. The van der Waals surface area contributed by atoms with Gasteiger partial charge < -0.3 is 0 Å². The maximum Gasteiger partial charge on any atom is 0.200 e. The van der Waals surface area contributed by atoms with Crippen LogP contribution in [0.2, 0.25) is 0 Å². The van der Waals surface area contributed by atoms with Crippen molar-refractivity contribution in [2.45, 2.75) is 0 Å². The summed E-state index contributed by atoms with van der Waals surface area (Å²) in [7, 11) is 0. The molecule has 0 amide bonds. The third kappa shape index (κ3) is 2.75. The fourth-order valence-corrected chi connectivity index (χ4v) is 0.715. The van der Waals surface area contributed by atoms with Crippen molar-refractivity contribution >= 4 is 17.7 Å². The van der Waals surface area contributed by atoms with Crippen LogP contribution in [0.5, 0.6) is 0 Å². The fourth-order valence-electron chi connectivity index (χ4n) is 0.715. The highest BCUT2D eigenvalue weighted by molar-refractivity contribution is 6.35. The fraction of sp³-hybridized carbons (Fsp3) is 0. The van der Waals surface area contributed by atoms with E-state index >= 15 is 0 Å². The Hall–Kier alpha value is -2.15. The van der Waals surface area contributed by atoms with Crippen LogP contribution < -0.4 is 5.43 Å². The molecule has 0 aliphatic heterocycles. The highest BCUT2D eigenvalue weighted by Gasteiger charge is 1.92. The first-order valence-electron chi connectivity index (χ1n) is 3.61. The Balaban J connectivity index is 2.67. The zero-order chi connectivity index (χ0) is 9.52. The third-order valence-corrected chi connectivity index (χ3v) is 1.31. The van der Waals surface area contributed by atoms with Gasteiger partial charge in [-0.25, -0.2) is 0 Å². The number of nitrogens with zero attached hydrogens (tertiary/aromatic N) is 2. The molecule has 0 unspecified atom stereocenters. The SMILES string of the molecule is N#C/C(C=O)=N/Nc1ccccc1. The van der Waals surface area contributed by atoms with Gasteiger partial charge in [0.25, 0.3) is 0 Å². The maximum absolute atomic E-state index is 10.2. The molecule has 0 fully saturated rings. The smallest absolute Gasteiger partial charge is 0.200 e. The highest BCUT2D eigenvalue weighted by atomic mass is 16.1. The number of hydrogen-bond acceptors (Lipinski definition) is 4. The first-order valence-corrected chi connectivity index (χ1v) is 3.61. The van der Waals surface area contributed by atoms with E-state index in [1.165, 1.54) is 0 Å². The molecule has 1 rings (SSSR count). The number of carbonyl (C=O) groups excluding carboxylic acids is 1. The molecule has 4 nitrogen and oxygen atoms in total. The zero-order valence-electron chi connectivity index (χ0n) is 6.77. The average molecular weight is 173 g/mol. The number of hydrazone groups is 1. The number of para-hydroxylation sites is 1. The van der Waals surface area contributed by atoms with E-state index in [-0.39, 0.29) is 5.71 Å². The van der Waals surface area contributed by atoms with Crippen LogP contribution in [0.15, 0.2) is 35.4 Å². The van der Waals surface area contributed by atoms with E-state index < -0.39 is 0 Å². The molecule has 0 aromatic heterocycles. The summed E-state index contributed by atoms with van der Waals surface area (Å²) in [5.41, 5.74) is 3.14. The van der Waals surface area contributed by atoms with Crippen LogP contribution in [0, 0.1) is 11.3 Å². The number of rotatable bonds is 3. The lowest BCUT2D eigenvalue weighted by Crippen LogP contribution is -1.99. The van der Waals surface area contributed by atoms with Gasteiger partial charge in [0.15, 0.2) is 12.0 Å². The first-order chi connectivity index (χ1) is 6.36. The summed E-state index contributed by atoms with van der Waals surface area (Å²) in [6, 6.07) is 10.7. The summed E-state index contributed by atoms with van der Waals surface area (Å²) in [5, 5.41) is 11.9. The van der Waals surface area contributed by atoms with Gasteiger partial charge in [0.2, 0.25) is 0 Å². The number of nitrogens with one attached hydrogen (secondary N) is 1. The number of anilines is 1. The van der Waals surface area contributed by atoms with E-state index in [1.54, 1.807) is 18.2 Å². The van der Waals surface area contributed by atoms with E-state index in [0.717, 1.165) is 5.69 Å². The minimum absolute atomic E-state index is 0.177. The van der Waals surface area contributed by atoms with Gasteiger partial charge in [-0.15, -0.1) is 0 Å². The van der Waals surface area contributed by atoms with Gasteiger partial charge in [-0.05, 0) is 12.1 Å². The number of hydrogen-bond donors (Lipinski definition) is 1. The molecule has 0 atom stereocenters. The number of carbonyl (C=O) groups is 1.